The monoisotopic (exact) mass is 383 g/mol. The van der Waals surface area contributed by atoms with Crippen molar-refractivity contribution < 1.29 is 13.2 Å². The molecule has 7 heteroatoms. The normalized spacial score (nSPS) is 21.1. The standard InChI is InChI=1S/C19H33N3O3S/c1-5-21-15-20-17-16(21)7-11-22(19(17)8-12-25-13-9-19)10-6-14-26(23,24)18(2,3)4/h15H,5-14H2,1-4H3. The number of imidazole rings is 1. The van der Waals surface area contributed by atoms with Gasteiger partial charge in [0.15, 0.2) is 9.84 Å². The first kappa shape index (κ1) is 19.8. The molecule has 0 bridgehead atoms. The van der Waals surface area contributed by atoms with Crippen LogP contribution in [0.4, 0.5) is 0 Å². The Kier molecular flexibility index (Phi) is 5.53. The maximum absolute atomic E-state index is 12.4. The molecule has 1 fully saturated rings. The van der Waals surface area contributed by atoms with E-state index in [0.29, 0.717) is 6.42 Å². The van der Waals surface area contributed by atoms with Crippen molar-refractivity contribution in [3.63, 3.8) is 0 Å². The Morgan fingerprint density at radius 1 is 1.27 bits per heavy atom. The van der Waals surface area contributed by atoms with Gasteiger partial charge < -0.3 is 9.30 Å². The van der Waals surface area contributed by atoms with Crippen molar-refractivity contribution in [2.75, 3.05) is 32.1 Å². The van der Waals surface area contributed by atoms with Crippen LogP contribution in [0.3, 0.4) is 0 Å². The Morgan fingerprint density at radius 3 is 2.58 bits per heavy atom. The lowest BCUT2D eigenvalue weighted by Gasteiger charge is -2.48. The second-order valence-corrected chi connectivity index (χ2v) is 11.4. The van der Waals surface area contributed by atoms with Crippen molar-refractivity contribution in [2.45, 2.75) is 70.2 Å². The number of sulfone groups is 1. The Balaban J connectivity index is 1.79. The fraction of sp³-hybridized carbons (Fsp3) is 0.842. The Morgan fingerprint density at radius 2 is 1.96 bits per heavy atom. The van der Waals surface area contributed by atoms with Gasteiger partial charge in [-0.1, -0.05) is 0 Å². The van der Waals surface area contributed by atoms with Crippen molar-refractivity contribution in [3.8, 4) is 0 Å². The highest BCUT2D eigenvalue weighted by Crippen LogP contribution is 2.42. The maximum atomic E-state index is 12.4. The van der Waals surface area contributed by atoms with Gasteiger partial charge in [0.1, 0.15) is 0 Å². The number of ether oxygens (including phenoxy) is 1. The predicted molar refractivity (Wildman–Crippen MR) is 103 cm³/mol. The number of aromatic nitrogens is 2. The van der Waals surface area contributed by atoms with Gasteiger partial charge in [-0.3, -0.25) is 4.90 Å². The van der Waals surface area contributed by atoms with E-state index >= 15 is 0 Å². The molecule has 0 atom stereocenters. The molecule has 148 valence electrons. The van der Waals surface area contributed by atoms with Crippen molar-refractivity contribution in [1.82, 2.24) is 14.5 Å². The average molecular weight is 384 g/mol. The van der Waals surface area contributed by atoms with Gasteiger partial charge >= 0.3 is 0 Å². The zero-order chi connectivity index (χ0) is 19.0. The van der Waals surface area contributed by atoms with Crippen LogP contribution < -0.4 is 0 Å². The lowest BCUT2D eigenvalue weighted by molar-refractivity contribution is -0.0409. The first-order valence-electron chi connectivity index (χ1n) is 9.81. The molecule has 0 aromatic carbocycles. The van der Waals surface area contributed by atoms with E-state index in [1.54, 1.807) is 20.8 Å². The van der Waals surface area contributed by atoms with Gasteiger partial charge in [0, 0.05) is 45.0 Å². The Hall–Kier alpha value is -0.920. The largest absolute Gasteiger partial charge is 0.381 e. The molecule has 0 aliphatic carbocycles. The Labute approximate surface area is 157 Å². The second-order valence-electron chi connectivity index (χ2n) is 8.49. The van der Waals surface area contributed by atoms with Crippen LogP contribution in [0.1, 0.15) is 58.3 Å². The van der Waals surface area contributed by atoms with Crippen LogP contribution in [0.5, 0.6) is 0 Å². The fourth-order valence-corrected chi connectivity index (χ4v) is 5.40. The number of nitrogens with zero attached hydrogens (tertiary/aromatic N) is 3. The summed E-state index contributed by atoms with van der Waals surface area (Å²) in [6.07, 6.45) is 5.50. The molecular formula is C19H33N3O3S. The summed E-state index contributed by atoms with van der Waals surface area (Å²) in [5.41, 5.74) is 2.47. The zero-order valence-electron chi connectivity index (χ0n) is 16.6. The molecule has 1 saturated heterocycles. The SMILES string of the molecule is CCn1cnc2c1CCN(CCCS(=O)(=O)C(C)(C)C)C21CCOCC1. The molecule has 26 heavy (non-hydrogen) atoms. The highest BCUT2D eigenvalue weighted by molar-refractivity contribution is 7.92. The van der Waals surface area contributed by atoms with E-state index in [-0.39, 0.29) is 11.3 Å². The average Bonchev–Trinajstić information content (AvgIpc) is 3.01. The van der Waals surface area contributed by atoms with Crippen LogP contribution in [0.2, 0.25) is 0 Å². The first-order valence-corrected chi connectivity index (χ1v) is 11.5. The van der Waals surface area contributed by atoms with Gasteiger partial charge in [0.25, 0.3) is 0 Å². The summed E-state index contributed by atoms with van der Waals surface area (Å²) in [7, 11) is -3.07. The lowest BCUT2D eigenvalue weighted by Crippen LogP contribution is -2.54. The van der Waals surface area contributed by atoms with Crippen LogP contribution in [-0.2, 0) is 33.1 Å². The van der Waals surface area contributed by atoms with Crippen molar-refractivity contribution in [1.29, 1.82) is 0 Å². The molecule has 6 nitrogen and oxygen atoms in total. The van der Waals surface area contributed by atoms with E-state index in [1.807, 2.05) is 6.33 Å². The van der Waals surface area contributed by atoms with Crippen LogP contribution in [0.25, 0.3) is 0 Å². The lowest BCUT2D eigenvalue weighted by atomic mass is 9.80. The van der Waals surface area contributed by atoms with Gasteiger partial charge in [-0.25, -0.2) is 13.4 Å². The van der Waals surface area contributed by atoms with Gasteiger partial charge in [0.2, 0.25) is 0 Å². The zero-order valence-corrected chi connectivity index (χ0v) is 17.4. The molecule has 2 aliphatic rings. The third kappa shape index (κ3) is 3.45. The molecule has 2 aliphatic heterocycles. The number of hydrogen-bond donors (Lipinski definition) is 0. The predicted octanol–water partition coefficient (Wildman–Crippen LogP) is 2.37. The maximum Gasteiger partial charge on any atom is 0.155 e. The van der Waals surface area contributed by atoms with E-state index < -0.39 is 14.6 Å². The minimum atomic E-state index is -3.07. The molecule has 0 unspecified atom stereocenters. The topological polar surface area (TPSA) is 64.4 Å². The van der Waals surface area contributed by atoms with E-state index in [1.165, 1.54) is 11.4 Å². The van der Waals surface area contributed by atoms with E-state index in [9.17, 15) is 8.42 Å². The van der Waals surface area contributed by atoms with Gasteiger partial charge in [-0.15, -0.1) is 0 Å². The molecule has 3 heterocycles. The van der Waals surface area contributed by atoms with Crippen molar-refractivity contribution >= 4 is 9.84 Å². The smallest absolute Gasteiger partial charge is 0.155 e. The molecule has 1 aromatic heterocycles. The molecular weight excluding hydrogens is 350 g/mol. The van der Waals surface area contributed by atoms with Crippen molar-refractivity contribution in [3.05, 3.63) is 17.7 Å². The summed E-state index contributed by atoms with van der Waals surface area (Å²) in [5.74, 6) is 0.246. The summed E-state index contributed by atoms with van der Waals surface area (Å²) in [4.78, 5) is 7.29. The summed E-state index contributed by atoms with van der Waals surface area (Å²) < 4.78 is 32.1. The van der Waals surface area contributed by atoms with Crippen LogP contribution in [0.15, 0.2) is 6.33 Å². The van der Waals surface area contributed by atoms with Crippen LogP contribution in [0, 0.1) is 0 Å². The number of aryl methyl sites for hydroxylation is 1. The summed E-state index contributed by atoms with van der Waals surface area (Å²) in [5, 5.41) is 0. The van der Waals surface area contributed by atoms with Gasteiger partial charge in [0.05, 0.1) is 28.1 Å². The third-order valence-electron chi connectivity index (χ3n) is 6.05. The summed E-state index contributed by atoms with van der Waals surface area (Å²) >= 11 is 0. The van der Waals surface area contributed by atoms with E-state index in [4.69, 9.17) is 9.72 Å². The molecule has 3 rings (SSSR count). The minimum absolute atomic E-state index is 0.0856. The number of fused-ring (bicyclic) bond motifs is 2. The molecule has 1 spiro atoms. The number of rotatable bonds is 5. The van der Waals surface area contributed by atoms with Crippen LogP contribution in [-0.4, -0.2) is 59.7 Å². The molecule has 0 saturated carbocycles. The van der Waals surface area contributed by atoms with Crippen LogP contribution >= 0.6 is 0 Å². The molecule has 1 aromatic rings. The third-order valence-corrected chi connectivity index (χ3v) is 8.74. The highest BCUT2D eigenvalue weighted by Gasteiger charge is 2.46. The quantitative estimate of drug-likeness (QED) is 0.781. The van der Waals surface area contributed by atoms with Crippen molar-refractivity contribution in [2.24, 2.45) is 0 Å². The number of hydrogen-bond acceptors (Lipinski definition) is 5. The first-order chi connectivity index (χ1) is 12.2. The summed E-state index contributed by atoms with van der Waals surface area (Å²) in [6.45, 7) is 11.7. The molecule has 0 amide bonds. The fourth-order valence-electron chi connectivity index (χ4n) is 4.28. The second kappa shape index (κ2) is 7.24. The molecule has 0 N–H and O–H groups in total. The highest BCUT2D eigenvalue weighted by atomic mass is 32.2. The Bertz CT molecular complexity index is 728. The minimum Gasteiger partial charge on any atom is -0.381 e. The van der Waals surface area contributed by atoms with E-state index in [0.717, 1.165) is 52.1 Å². The van der Waals surface area contributed by atoms with Gasteiger partial charge in [-0.05, 0) is 47.0 Å². The molecule has 0 radical (unpaired) electrons. The summed E-state index contributed by atoms with van der Waals surface area (Å²) in [6, 6.07) is 0. The van der Waals surface area contributed by atoms with E-state index in [2.05, 4.69) is 16.4 Å². The van der Waals surface area contributed by atoms with Gasteiger partial charge in [-0.2, -0.15) is 0 Å².